The van der Waals surface area contributed by atoms with Crippen LogP contribution < -0.4 is 4.90 Å². The SMILES string of the molecule is CCN1CC[C@]2(CCC1=O)CN(c1nc(C)nc3sccc13)CCN2C. The van der Waals surface area contributed by atoms with E-state index < -0.39 is 0 Å². The van der Waals surface area contributed by atoms with Crippen molar-refractivity contribution in [2.24, 2.45) is 0 Å². The van der Waals surface area contributed by atoms with E-state index in [0.29, 0.717) is 12.3 Å². The summed E-state index contributed by atoms with van der Waals surface area (Å²) >= 11 is 1.67. The minimum atomic E-state index is 0.0407. The third-order valence-electron chi connectivity index (χ3n) is 6.10. The molecule has 26 heavy (non-hydrogen) atoms. The monoisotopic (exact) mass is 373 g/mol. The van der Waals surface area contributed by atoms with Crippen molar-refractivity contribution in [3.63, 3.8) is 0 Å². The highest BCUT2D eigenvalue weighted by molar-refractivity contribution is 7.16. The fraction of sp³-hybridized carbons (Fsp3) is 0.632. The molecule has 1 amide bonds. The number of likely N-dealkylation sites (tertiary alicyclic amines) is 1. The van der Waals surface area contributed by atoms with Gasteiger partial charge in [0.2, 0.25) is 5.91 Å². The van der Waals surface area contributed by atoms with Crippen LogP contribution in [0, 0.1) is 6.92 Å². The van der Waals surface area contributed by atoms with Gasteiger partial charge in [-0.3, -0.25) is 9.69 Å². The fourth-order valence-corrected chi connectivity index (χ4v) is 5.20. The molecule has 6 nitrogen and oxygen atoms in total. The van der Waals surface area contributed by atoms with E-state index in [2.05, 4.69) is 40.2 Å². The number of piperazine rings is 1. The van der Waals surface area contributed by atoms with Crippen LogP contribution in [0.1, 0.15) is 32.0 Å². The Hall–Kier alpha value is -1.73. The summed E-state index contributed by atoms with van der Waals surface area (Å²) in [6.07, 6.45) is 2.59. The molecule has 4 heterocycles. The summed E-state index contributed by atoms with van der Waals surface area (Å²) in [7, 11) is 2.22. The molecule has 1 atom stereocenters. The maximum atomic E-state index is 12.4. The van der Waals surface area contributed by atoms with Gasteiger partial charge in [0.15, 0.2) is 0 Å². The molecule has 0 radical (unpaired) electrons. The zero-order valence-corrected chi connectivity index (χ0v) is 16.7. The number of amides is 1. The molecule has 0 unspecified atom stereocenters. The van der Waals surface area contributed by atoms with Gasteiger partial charge in [-0.25, -0.2) is 9.97 Å². The van der Waals surface area contributed by atoms with E-state index in [4.69, 9.17) is 4.98 Å². The number of likely N-dealkylation sites (N-methyl/N-ethyl adjacent to an activating group) is 1. The third-order valence-corrected chi connectivity index (χ3v) is 6.91. The predicted octanol–water partition coefficient (Wildman–Crippen LogP) is 2.52. The van der Waals surface area contributed by atoms with Crippen LogP contribution in [-0.2, 0) is 4.79 Å². The Morgan fingerprint density at radius 3 is 2.88 bits per heavy atom. The molecule has 0 saturated carbocycles. The molecule has 7 heteroatoms. The molecule has 0 N–H and O–H groups in total. The normalized spacial score (nSPS) is 25.3. The lowest BCUT2D eigenvalue weighted by Gasteiger charge is -2.49. The highest BCUT2D eigenvalue weighted by Gasteiger charge is 2.42. The van der Waals surface area contributed by atoms with Gasteiger partial charge >= 0.3 is 0 Å². The van der Waals surface area contributed by atoms with E-state index in [1.165, 1.54) is 0 Å². The summed E-state index contributed by atoms with van der Waals surface area (Å²) in [6.45, 7) is 8.59. The molecule has 0 bridgehead atoms. The van der Waals surface area contributed by atoms with Gasteiger partial charge in [0, 0.05) is 44.7 Å². The number of hydrogen-bond acceptors (Lipinski definition) is 6. The van der Waals surface area contributed by atoms with Crippen molar-refractivity contribution in [1.82, 2.24) is 19.8 Å². The van der Waals surface area contributed by atoms with Crippen LogP contribution in [0.3, 0.4) is 0 Å². The Morgan fingerprint density at radius 1 is 1.23 bits per heavy atom. The molecule has 2 aliphatic heterocycles. The predicted molar refractivity (Wildman–Crippen MR) is 106 cm³/mol. The number of nitrogens with zero attached hydrogens (tertiary/aromatic N) is 5. The summed E-state index contributed by atoms with van der Waals surface area (Å²) in [5.74, 6) is 2.19. The van der Waals surface area contributed by atoms with Crippen molar-refractivity contribution >= 4 is 33.3 Å². The molecule has 0 aromatic carbocycles. The van der Waals surface area contributed by atoms with Gasteiger partial charge in [-0.05, 0) is 45.2 Å². The van der Waals surface area contributed by atoms with E-state index in [9.17, 15) is 4.79 Å². The summed E-state index contributed by atoms with van der Waals surface area (Å²) in [6, 6.07) is 2.13. The number of thiophene rings is 1. The van der Waals surface area contributed by atoms with Crippen molar-refractivity contribution in [3.8, 4) is 0 Å². The number of carbonyl (C=O) groups is 1. The van der Waals surface area contributed by atoms with Gasteiger partial charge in [-0.1, -0.05) is 0 Å². The highest BCUT2D eigenvalue weighted by Crippen LogP contribution is 2.36. The number of fused-ring (bicyclic) bond motifs is 1. The van der Waals surface area contributed by atoms with Gasteiger partial charge in [-0.2, -0.15) is 0 Å². The number of aryl methyl sites for hydroxylation is 1. The largest absolute Gasteiger partial charge is 0.353 e. The minimum Gasteiger partial charge on any atom is -0.353 e. The molecule has 0 aliphatic carbocycles. The Morgan fingerprint density at radius 2 is 2.08 bits per heavy atom. The molecule has 2 aromatic heterocycles. The van der Waals surface area contributed by atoms with Crippen molar-refractivity contribution in [2.45, 2.75) is 38.6 Å². The van der Waals surface area contributed by atoms with Gasteiger partial charge in [0.05, 0.1) is 5.39 Å². The average molecular weight is 374 g/mol. The lowest BCUT2D eigenvalue weighted by atomic mass is 9.86. The maximum Gasteiger partial charge on any atom is 0.222 e. The smallest absolute Gasteiger partial charge is 0.222 e. The fourth-order valence-electron chi connectivity index (χ4n) is 4.39. The molecule has 1 spiro atoms. The van der Waals surface area contributed by atoms with E-state index in [0.717, 1.165) is 67.4 Å². The molecular weight excluding hydrogens is 346 g/mol. The standard InChI is InChI=1S/C19H27N5OS/c1-4-23-9-8-19(7-5-16(23)25)13-24(11-10-22(19)3)17-15-6-12-26-18(15)21-14(2)20-17/h6,12H,4-5,7-11,13H2,1-3H3/t19-/m1/s1. The molecule has 140 valence electrons. The first-order valence-electron chi connectivity index (χ1n) is 9.48. The van der Waals surface area contributed by atoms with Gasteiger partial charge in [-0.15, -0.1) is 11.3 Å². The first-order valence-corrected chi connectivity index (χ1v) is 10.4. The van der Waals surface area contributed by atoms with Crippen molar-refractivity contribution in [1.29, 1.82) is 0 Å². The maximum absolute atomic E-state index is 12.4. The Balaban J connectivity index is 1.66. The minimum absolute atomic E-state index is 0.0407. The summed E-state index contributed by atoms with van der Waals surface area (Å²) in [5.41, 5.74) is 0.0407. The highest BCUT2D eigenvalue weighted by atomic mass is 32.1. The van der Waals surface area contributed by atoms with Crippen molar-refractivity contribution < 1.29 is 4.79 Å². The van der Waals surface area contributed by atoms with Crippen molar-refractivity contribution in [2.75, 3.05) is 44.7 Å². The van der Waals surface area contributed by atoms with Crippen LogP contribution in [0.4, 0.5) is 5.82 Å². The second-order valence-corrected chi connectivity index (χ2v) is 8.42. The third kappa shape index (κ3) is 2.97. The zero-order valence-electron chi connectivity index (χ0n) is 15.9. The zero-order chi connectivity index (χ0) is 18.3. The number of aromatic nitrogens is 2. The molecule has 2 saturated heterocycles. The molecule has 4 rings (SSSR count). The van der Waals surface area contributed by atoms with Gasteiger partial charge in [0.25, 0.3) is 0 Å². The first-order chi connectivity index (χ1) is 12.5. The second kappa shape index (κ2) is 6.78. The average Bonchev–Trinajstić information content (AvgIpc) is 3.03. The van der Waals surface area contributed by atoms with Gasteiger partial charge in [0.1, 0.15) is 16.5 Å². The lowest BCUT2D eigenvalue weighted by molar-refractivity contribution is -0.130. The van der Waals surface area contributed by atoms with Crippen LogP contribution in [0.2, 0.25) is 0 Å². The Labute approximate surface area is 158 Å². The topological polar surface area (TPSA) is 52.6 Å². The first kappa shape index (κ1) is 17.7. The number of anilines is 1. The Bertz CT molecular complexity index is 821. The van der Waals surface area contributed by atoms with Crippen molar-refractivity contribution in [3.05, 3.63) is 17.3 Å². The summed E-state index contributed by atoms with van der Waals surface area (Å²) in [4.78, 5) is 29.7. The van der Waals surface area contributed by atoms with Crippen LogP contribution in [0.5, 0.6) is 0 Å². The van der Waals surface area contributed by atoms with E-state index >= 15 is 0 Å². The lowest BCUT2D eigenvalue weighted by Crippen LogP contribution is -2.61. The Kier molecular flexibility index (Phi) is 4.61. The number of hydrogen-bond donors (Lipinski definition) is 0. The van der Waals surface area contributed by atoms with Crippen LogP contribution in [-0.4, -0.2) is 71.0 Å². The van der Waals surface area contributed by atoms with E-state index in [1.807, 2.05) is 11.8 Å². The number of rotatable bonds is 2. The van der Waals surface area contributed by atoms with Crippen LogP contribution >= 0.6 is 11.3 Å². The molecular formula is C19H27N5OS. The second-order valence-electron chi connectivity index (χ2n) is 7.52. The van der Waals surface area contributed by atoms with Crippen LogP contribution in [0.25, 0.3) is 10.2 Å². The van der Waals surface area contributed by atoms with Gasteiger partial charge < -0.3 is 9.80 Å². The molecule has 2 aliphatic rings. The quantitative estimate of drug-likeness (QED) is 0.810. The number of carbonyl (C=O) groups excluding carboxylic acids is 1. The molecule has 2 aromatic rings. The summed E-state index contributed by atoms with van der Waals surface area (Å²) < 4.78 is 0. The van der Waals surface area contributed by atoms with E-state index in [1.54, 1.807) is 11.3 Å². The van der Waals surface area contributed by atoms with E-state index in [-0.39, 0.29) is 5.54 Å². The van der Waals surface area contributed by atoms with Crippen LogP contribution in [0.15, 0.2) is 11.4 Å². The molecule has 2 fully saturated rings. The summed E-state index contributed by atoms with van der Waals surface area (Å²) in [5, 5.41) is 3.25.